The molecule has 1 saturated carbocycles. The predicted octanol–water partition coefficient (Wildman–Crippen LogP) is 3.60. The van der Waals surface area contributed by atoms with Crippen LogP contribution in [-0.2, 0) is 28.4 Å². The normalized spacial score (nSPS) is 36.5. The quantitative estimate of drug-likeness (QED) is 0.412. The van der Waals surface area contributed by atoms with E-state index in [0.717, 1.165) is 18.4 Å². The Balaban J connectivity index is 2.02. The first-order valence-corrected chi connectivity index (χ1v) is 12.1. The predicted molar refractivity (Wildman–Crippen MR) is 128 cm³/mol. The second-order valence-electron chi connectivity index (χ2n) is 9.51. The minimum Gasteiger partial charge on any atom is -0.392 e. The molecule has 1 saturated heterocycles. The molecule has 7 heteroatoms. The zero-order valence-corrected chi connectivity index (χ0v) is 21.9. The van der Waals surface area contributed by atoms with Crippen LogP contribution in [0, 0.1) is 23.7 Å². The molecule has 0 aromatic rings. The zero-order chi connectivity index (χ0) is 24.7. The average molecular weight is 471 g/mol. The van der Waals surface area contributed by atoms with Crippen LogP contribution in [0.4, 0.5) is 0 Å². The summed E-state index contributed by atoms with van der Waals surface area (Å²) in [7, 11) is 8.27. The molecule has 1 heterocycles. The summed E-state index contributed by atoms with van der Waals surface area (Å²) in [5.41, 5.74) is 0.988. The van der Waals surface area contributed by atoms with Crippen molar-refractivity contribution in [1.82, 2.24) is 0 Å². The maximum absolute atomic E-state index is 10.9. The molecule has 1 N–H and O–H groups in total. The largest absolute Gasteiger partial charge is 0.392 e. The van der Waals surface area contributed by atoms with Crippen LogP contribution in [0.1, 0.15) is 40.5 Å². The van der Waals surface area contributed by atoms with Crippen molar-refractivity contribution >= 4 is 0 Å². The fourth-order valence-corrected chi connectivity index (χ4v) is 5.38. The fraction of sp³-hybridized carbons (Fsp3) is 0.846. The van der Waals surface area contributed by atoms with Crippen LogP contribution in [0.2, 0.25) is 0 Å². The van der Waals surface area contributed by atoms with Crippen molar-refractivity contribution < 1.29 is 33.5 Å². The maximum atomic E-state index is 10.9. The lowest BCUT2D eigenvalue weighted by molar-refractivity contribution is -0.295. The molecule has 2 rings (SSSR count). The first-order valence-electron chi connectivity index (χ1n) is 12.1. The molecule has 0 radical (unpaired) electrons. The van der Waals surface area contributed by atoms with E-state index in [9.17, 15) is 5.11 Å². The van der Waals surface area contributed by atoms with E-state index < -0.39 is 6.29 Å². The van der Waals surface area contributed by atoms with Gasteiger partial charge < -0.3 is 33.5 Å². The molecule has 1 aliphatic heterocycles. The Kier molecular flexibility index (Phi) is 11.5. The van der Waals surface area contributed by atoms with Crippen molar-refractivity contribution in [3.63, 3.8) is 0 Å². The fourth-order valence-electron chi connectivity index (χ4n) is 5.38. The Morgan fingerprint density at radius 2 is 1.61 bits per heavy atom. The van der Waals surface area contributed by atoms with Crippen LogP contribution < -0.4 is 0 Å². The number of aliphatic hydroxyl groups excluding tert-OH is 1. The van der Waals surface area contributed by atoms with Gasteiger partial charge in [-0.25, -0.2) is 0 Å². The molecule has 192 valence electrons. The van der Waals surface area contributed by atoms with Gasteiger partial charge in [-0.15, -0.1) is 0 Å². The van der Waals surface area contributed by atoms with Crippen LogP contribution in [0.15, 0.2) is 23.8 Å². The van der Waals surface area contributed by atoms with Crippen LogP contribution in [0.5, 0.6) is 0 Å². The summed E-state index contributed by atoms with van der Waals surface area (Å²) >= 11 is 0. The highest BCUT2D eigenvalue weighted by Crippen LogP contribution is 2.49. The summed E-state index contributed by atoms with van der Waals surface area (Å²) < 4.78 is 34.2. The van der Waals surface area contributed by atoms with Crippen LogP contribution >= 0.6 is 0 Å². The summed E-state index contributed by atoms with van der Waals surface area (Å²) in [5.74, 6) is 1.39. The Morgan fingerprint density at radius 1 is 0.970 bits per heavy atom. The molecule has 2 fully saturated rings. The molecule has 7 nitrogen and oxygen atoms in total. The molecule has 0 amide bonds. The van der Waals surface area contributed by atoms with E-state index in [4.69, 9.17) is 28.4 Å². The van der Waals surface area contributed by atoms with Gasteiger partial charge in [0.25, 0.3) is 0 Å². The monoisotopic (exact) mass is 470 g/mol. The number of allylic oxidation sites excluding steroid dienone is 2. The molecule has 11 atom stereocenters. The van der Waals surface area contributed by atoms with Gasteiger partial charge in [0.15, 0.2) is 6.29 Å². The molecule has 0 unspecified atom stereocenters. The van der Waals surface area contributed by atoms with E-state index >= 15 is 0 Å². The maximum Gasteiger partial charge on any atom is 0.186 e. The second kappa shape index (κ2) is 13.3. The SMILES string of the molecule is CC[C@H](OC)[C@@H](C)[C@@H]1C[C@H]1[C@H](O)[C@@H](C)/C=C/C=C(\C)[C@H]1O[C@H](OC)[C@H](OC)[C@@H](OC)[C@H]1OC. The highest BCUT2D eigenvalue weighted by Gasteiger charge is 2.49. The lowest BCUT2D eigenvalue weighted by atomic mass is 9.91. The summed E-state index contributed by atoms with van der Waals surface area (Å²) in [6.45, 7) is 8.47. The van der Waals surface area contributed by atoms with E-state index in [2.05, 4.69) is 26.8 Å². The third-order valence-corrected chi connectivity index (χ3v) is 7.60. The zero-order valence-electron chi connectivity index (χ0n) is 21.9. The third kappa shape index (κ3) is 6.66. The summed E-state index contributed by atoms with van der Waals surface area (Å²) in [5, 5.41) is 10.9. The van der Waals surface area contributed by atoms with Gasteiger partial charge in [0.05, 0.1) is 12.2 Å². The Hall–Kier alpha value is -0.800. The van der Waals surface area contributed by atoms with Crippen molar-refractivity contribution in [3.05, 3.63) is 23.8 Å². The highest BCUT2D eigenvalue weighted by atomic mass is 16.7. The third-order valence-electron chi connectivity index (χ3n) is 7.60. The van der Waals surface area contributed by atoms with E-state index in [1.807, 2.05) is 19.1 Å². The van der Waals surface area contributed by atoms with E-state index in [0.29, 0.717) is 17.8 Å². The molecule has 33 heavy (non-hydrogen) atoms. The Morgan fingerprint density at radius 3 is 2.12 bits per heavy atom. The van der Waals surface area contributed by atoms with Gasteiger partial charge in [0, 0.05) is 41.5 Å². The smallest absolute Gasteiger partial charge is 0.186 e. The highest BCUT2D eigenvalue weighted by molar-refractivity contribution is 5.19. The van der Waals surface area contributed by atoms with Crippen LogP contribution in [0.25, 0.3) is 0 Å². The van der Waals surface area contributed by atoms with Gasteiger partial charge in [-0.1, -0.05) is 39.0 Å². The van der Waals surface area contributed by atoms with Gasteiger partial charge in [0.2, 0.25) is 0 Å². The van der Waals surface area contributed by atoms with Gasteiger partial charge in [0.1, 0.15) is 24.4 Å². The van der Waals surface area contributed by atoms with Crippen LogP contribution in [0.3, 0.4) is 0 Å². The standard InChI is InChI=1S/C26H46O7/c1-10-20(28-5)17(4)18-14-19(18)21(27)15(2)12-11-13-16(3)22-23(29-6)24(30-7)25(31-8)26(32-9)33-22/h11-13,15,17-27H,10,14H2,1-9H3/b12-11+,16-13+/t15-,17-,18-,19+,20-,21+,22+,23-,24-,25+,26-/m0/s1. The first kappa shape index (κ1) is 28.4. The van der Waals surface area contributed by atoms with Gasteiger partial charge in [-0.05, 0) is 43.1 Å². The molecule has 0 aromatic heterocycles. The van der Waals surface area contributed by atoms with Gasteiger partial charge in [-0.2, -0.15) is 0 Å². The average Bonchev–Trinajstić information content (AvgIpc) is 3.63. The molecular formula is C26H46O7. The van der Waals surface area contributed by atoms with Gasteiger partial charge >= 0.3 is 0 Å². The number of hydrogen-bond acceptors (Lipinski definition) is 7. The first-order chi connectivity index (χ1) is 15.8. The lowest BCUT2D eigenvalue weighted by Crippen LogP contribution is -2.60. The number of ether oxygens (including phenoxy) is 6. The van der Waals surface area contributed by atoms with E-state index in [1.165, 1.54) is 0 Å². The van der Waals surface area contributed by atoms with E-state index in [-0.39, 0.29) is 42.5 Å². The Bertz CT molecular complexity index is 632. The van der Waals surface area contributed by atoms with Crippen molar-refractivity contribution in [2.45, 2.75) is 83.5 Å². The number of rotatable bonds is 13. The molecule has 1 aliphatic carbocycles. The topological polar surface area (TPSA) is 75.6 Å². The van der Waals surface area contributed by atoms with Crippen molar-refractivity contribution in [3.8, 4) is 0 Å². The second-order valence-corrected chi connectivity index (χ2v) is 9.51. The van der Waals surface area contributed by atoms with Crippen LogP contribution in [-0.4, -0.2) is 83.6 Å². The molecule has 0 spiro atoms. The summed E-state index contributed by atoms with van der Waals surface area (Å²) in [4.78, 5) is 0. The Labute approximate surface area is 200 Å². The minimum atomic E-state index is -0.558. The molecular weight excluding hydrogens is 424 g/mol. The molecule has 0 bridgehead atoms. The number of aliphatic hydroxyl groups is 1. The van der Waals surface area contributed by atoms with E-state index in [1.54, 1.807) is 35.5 Å². The minimum absolute atomic E-state index is 0.0562. The number of methoxy groups -OCH3 is 5. The van der Waals surface area contributed by atoms with Crippen molar-refractivity contribution in [2.24, 2.45) is 23.7 Å². The molecule has 2 aliphatic rings. The summed E-state index contributed by atoms with van der Waals surface area (Å²) in [6.07, 6.45) is 6.10. The van der Waals surface area contributed by atoms with Crippen molar-refractivity contribution in [2.75, 3.05) is 35.5 Å². The summed E-state index contributed by atoms with van der Waals surface area (Å²) in [6, 6.07) is 0. The molecule has 0 aromatic carbocycles. The number of hydrogen-bond donors (Lipinski definition) is 1. The lowest BCUT2D eigenvalue weighted by Gasteiger charge is -2.44. The van der Waals surface area contributed by atoms with Gasteiger partial charge in [-0.3, -0.25) is 0 Å². The van der Waals surface area contributed by atoms with Crippen molar-refractivity contribution in [1.29, 1.82) is 0 Å².